The number of pyridine rings is 2. The van der Waals surface area contributed by atoms with Gasteiger partial charge in [0.15, 0.2) is 0 Å². The van der Waals surface area contributed by atoms with Gasteiger partial charge in [-0.05, 0) is 37.3 Å². The average molecular weight is 542 g/mol. The second-order valence-electron chi connectivity index (χ2n) is 9.57. The zero-order valence-electron chi connectivity index (χ0n) is 21.2. The van der Waals surface area contributed by atoms with Gasteiger partial charge < -0.3 is 24.5 Å². The standard InChI is InChI=1S/C25H31N7O5S/c1-38(34,35)31-19-12-21-22(26-16-19)13-23(32-7-10-36-11-8-32)30-24(21)37-20-4-2-18(3-5-20)29-25-27-14-17(6-9-33)15-28-25/h9,12-16,18,20,31H,2-8,10-11H2,1H3,(H,27,28,29). The van der Waals surface area contributed by atoms with Gasteiger partial charge in [-0.2, -0.15) is 4.98 Å². The number of carbonyl (C=O) groups is 1. The summed E-state index contributed by atoms with van der Waals surface area (Å²) in [5.41, 5.74) is 1.82. The van der Waals surface area contributed by atoms with Crippen LogP contribution in [0.1, 0.15) is 31.2 Å². The van der Waals surface area contributed by atoms with E-state index in [0.29, 0.717) is 48.1 Å². The van der Waals surface area contributed by atoms with Crippen LogP contribution in [0.3, 0.4) is 0 Å². The molecule has 0 bridgehead atoms. The predicted octanol–water partition coefficient (Wildman–Crippen LogP) is 2.17. The van der Waals surface area contributed by atoms with E-state index in [-0.39, 0.29) is 12.1 Å². The molecule has 0 amide bonds. The molecule has 13 heteroatoms. The van der Waals surface area contributed by atoms with E-state index in [1.54, 1.807) is 18.5 Å². The number of aldehydes is 1. The van der Waals surface area contributed by atoms with Crippen molar-refractivity contribution in [3.63, 3.8) is 0 Å². The van der Waals surface area contributed by atoms with Crippen LogP contribution in [-0.2, 0) is 26.0 Å². The zero-order chi connectivity index (χ0) is 26.5. The molecular weight excluding hydrogens is 510 g/mol. The van der Waals surface area contributed by atoms with Crippen LogP contribution in [0.25, 0.3) is 10.9 Å². The molecule has 3 aromatic heterocycles. The summed E-state index contributed by atoms with van der Waals surface area (Å²) >= 11 is 0. The van der Waals surface area contributed by atoms with Crippen LogP contribution in [0.2, 0.25) is 0 Å². The van der Waals surface area contributed by atoms with Gasteiger partial charge >= 0.3 is 0 Å². The van der Waals surface area contributed by atoms with Crippen LogP contribution >= 0.6 is 0 Å². The van der Waals surface area contributed by atoms with E-state index in [2.05, 4.69) is 29.9 Å². The first-order chi connectivity index (χ1) is 18.4. The SMILES string of the molecule is CS(=O)(=O)Nc1cnc2cc(N3CCOCC3)nc(OC3CCC(Nc4ncc(CC=O)cn4)CC3)c2c1. The molecule has 4 heterocycles. The molecule has 2 aliphatic rings. The summed E-state index contributed by atoms with van der Waals surface area (Å²) in [7, 11) is -3.45. The fourth-order valence-corrected chi connectivity index (χ4v) is 5.23. The largest absolute Gasteiger partial charge is 0.474 e. The number of nitrogens with zero attached hydrogens (tertiary/aromatic N) is 5. The fourth-order valence-electron chi connectivity index (χ4n) is 4.69. The van der Waals surface area contributed by atoms with Gasteiger partial charge in [-0.3, -0.25) is 9.71 Å². The van der Waals surface area contributed by atoms with Crippen LogP contribution in [0, 0.1) is 0 Å². The first-order valence-corrected chi connectivity index (χ1v) is 14.5. The minimum Gasteiger partial charge on any atom is -0.474 e. The molecule has 12 nitrogen and oxygen atoms in total. The number of sulfonamides is 1. The Morgan fingerprint density at radius 2 is 1.82 bits per heavy atom. The summed E-state index contributed by atoms with van der Waals surface area (Å²) in [4.78, 5) is 30.8. The Morgan fingerprint density at radius 1 is 1.08 bits per heavy atom. The monoisotopic (exact) mass is 541 g/mol. The first kappa shape index (κ1) is 26.0. The van der Waals surface area contributed by atoms with Crippen LogP contribution in [-0.4, -0.2) is 79.3 Å². The fraction of sp³-hybridized carbons (Fsp3) is 0.480. The van der Waals surface area contributed by atoms with Crippen LogP contribution in [0.4, 0.5) is 17.5 Å². The van der Waals surface area contributed by atoms with E-state index in [1.807, 2.05) is 6.07 Å². The van der Waals surface area contributed by atoms with E-state index in [0.717, 1.165) is 62.7 Å². The summed E-state index contributed by atoms with van der Waals surface area (Å²) in [6.07, 6.45) is 10.4. The lowest BCUT2D eigenvalue weighted by Crippen LogP contribution is -2.37. The summed E-state index contributed by atoms with van der Waals surface area (Å²) in [5.74, 6) is 1.75. The highest BCUT2D eigenvalue weighted by atomic mass is 32.2. The molecule has 3 aromatic rings. The maximum Gasteiger partial charge on any atom is 0.229 e. The van der Waals surface area contributed by atoms with Crippen molar-refractivity contribution >= 4 is 44.7 Å². The van der Waals surface area contributed by atoms with Gasteiger partial charge in [-0.25, -0.2) is 18.4 Å². The summed E-state index contributed by atoms with van der Waals surface area (Å²) in [6, 6.07) is 3.83. The predicted molar refractivity (Wildman–Crippen MR) is 143 cm³/mol. The summed E-state index contributed by atoms with van der Waals surface area (Å²) < 4.78 is 38.0. The third-order valence-electron chi connectivity index (χ3n) is 6.58. The Balaban J connectivity index is 1.31. The van der Waals surface area contributed by atoms with E-state index in [4.69, 9.17) is 14.5 Å². The highest BCUT2D eigenvalue weighted by molar-refractivity contribution is 7.92. The second kappa shape index (κ2) is 11.4. The van der Waals surface area contributed by atoms with Gasteiger partial charge in [0.05, 0.1) is 42.3 Å². The van der Waals surface area contributed by atoms with Gasteiger partial charge in [0, 0.05) is 44.0 Å². The number of ether oxygens (including phenoxy) is 2. The molecule has 1 saturated carbocycles. The normalized spacial score (nSPS) is 20.2. The lowest BCUT2D eigenvalue weighted by molar-refractivity contribution is -0.107. The van der Waals surface area contributed by atoms with Crippen molar-refractivity contribution in [1.29, 1.82) is 0 Å². The highest BCUT2D eigenvalue weighted by Gasteiger charge is 2.25. The lowest BCUT2D eigenvalue weighted by atomic mass is 9.93. The van der Waals surface area contributed by atoms with Crippen molar-refractivity contribution in [3.05, 3.63) is 36.3 Å². The number of carbonyl (C=O) groups excluding carboxylic acids is 1. The summed E-state index contributed by atoms with van der Waals surface area (Å²) in [6.45, 7) is 2.70. The van der Waals surface area contributed by atoms with E-state index in [9.17, 15) is 13.2 Å². The number of morpholine rings is 1. The minimum absolute atomic E-state index is 0.0499. The number of anilines is 3. The van der Waals surface area contributed by atoms with Crippen molar-refractivity contribution in [3.8, 4) is 5.88 Å². The molecule has 5 rings (SSSR count). The topological polar surface area (TPSA) is 149 Å². The third-order valence-corrected chi connectivity index (χ3v) is 7.19. The van der Waals surface area contributed by atoms with Gasteiger partial charge in [0.2, 0.25) is 21.9 Å². The molecule has 1 aliphatic heterocycles. The molecule has 202 valence electrons. The van der Waals surface area contributed by atoms with Gasteiger partial charge in [0.1, 0.15) is 18.2 Å². The number of hydrogen-bond donors (Lipinski definition) is 2. The molecule has 0 atom stereocenters. The van der Waals surface area contributed by atoms with Crippen molar-refractivity contribution in [2.75, 3.05) is 47.5 Å². The Hall–Kier alpha value is -3.58. The van der Waals surface area contributed by atoms with Gasteiger partial charge in [-0.15, -0.1) is 0 Å². The maximum atomic E-state index is 11.8. The minimum atomic E-state index is -3.45. The van der Waals surface area contributed by atoms with Crippen LogP contribution < -0.4 is 19.7 Å². The van der Waals surface area contributed by atoms with Crippen molar-refractivity contribution in [1.82, 2.24) is 19.9 Å². The van der Waals surface area contributed by atoms with Crippen molar-refractivity contribution < 1.29 is 22.7 Å². The molecule has 38 heavy (non-hydrogen) atoms. The smallest absolute Gasteiger partial charge is 0.229 e. The maximum absolute atomic E-state index is 11.8. The van der Waals surface area contributed by atoms with Gasteiger partial charge in [-0.1, -0.05) is 0 Å². The first-order valence-electron chi connectivity index (χ1n) is 12.7. The Labute approximate surface area is 221 Å². The summed E-state index contributed by atoms with van der Waals surface area (Å²) in [5, 5.41) is 4.02. The third kappa shape index (κ3) is 6.64. The Bertz CT molecular complexity index is 1370. The molecular formula is C25H31N7O5S. The highest BCUT2D eigenvalue weighted by Crippen LogP contribution is 2.33. The van der Waals surface area contributed by atoms with E-state index in [1.165, 1.54) is 6.20 Å². The molecule has 1 aliphatic carbocycles. The molecule has 0 aromatic carbocycles. The Kier molecular flexibility index (Phi) is 7.84. The van der Waals surface area contributed by atoms with Crippen molar-refractivity contribution in [2.45, 2.75) is 44.2 Å². The molecule has 1 saturated heterocycles. The van der Waals surface area contributed by atoms with Gasteiger partial charge in [0.25, 0.3) is 0 Å². The number of fused-ring (bicyclic) bond motifs is 1. The van der Waals surface area contributed by atoms with Crippen LogP contribution in [0.15, 0.2) is 30.7 Å². The average Bonchev–Trinajstić information content (AvgIpc) is 2.91. The molecule has 2 N–H and O–H groups in total. The number of nitrogens with one attached hydrogen (secondary N) is 2. The quantitative estimate of drug-likeness (QED) is 0.384. The van der Waals surface area contributed by atoms with Crippen LogP contribution in [0.5, 0.6) is 5.88 Å². The molecule has 0 unspecified atom stereocenters. The van der Waals surface area contributed by atoms with E-state index >= 15 is 0 Å². The lowest BCUT2D eigenvalue weighted by Gasteiger charge is -2.31. The van der Waals surface area contributed by atoms with Crippen molar-refractivity contribution in [2.24, 2.45) is 0 Å². The zero-order valence-corrected chi connectivity index (χ0v) is 22.0. The molecule has 0 radical (unpaired) electrons. The molecule has 0 spiro atoms. The number of aromatic nitrogens is 4. The second-order valence-corrected chi connectivity index (χ2v) is 11.3. The number of hydrogen-bond acceptors (Lipinski definition) is 11. The number of rotatable bonds is 9. The molecule has 2 fully saturated rings. The van der Waals surface area contributed by atoms with E-state index < -0.39 is 10.0 Å². The Morgan fingerprint density at radius 3 is 2.50 bits per heavy atom.